The van der Waals surface area contributed by atoms with Crippen LogP contribution in [0.2, 0.25) is 0 Å². The van der Waals surface area contributed by atoms with Gasteiger partial charge in [-0.3, -0.25) is 0 Å². The highest BCUT2D eigenvalue weighted by Crippen LogP contribution is 2.07. The van der Waals surface area contributed by atoms with Crippen molar-refractivity contribution < 1.29 is 0 Å². The number of hydrogen-bond donors (Lipinski definition) is 1. The number of guanidine groups is 1. The van der Waals surface area contributed by atoms with Crippen molar-refractivity contribution in [1.82, 2.24) is 19.7 Å². The molecule has 21 heavy (non-hydrogen) atoms. The maximum absolute atomic E-state index is 5.96. The Morgan fingerprint density at radius 3 is 2.71 bits per heavy atom. The molecule has 0 aliphatic heterocycles. The van der Waals surface area contributed by atoms with Crippen molar-refractivity contribution in [3.05, 3.63) is 42.4 Å². The summed E-state index contributed by atoms with van der Waals surface area (Å²) in [6, 6.07) is 5.77. The van der Waals surface area contributed by atoms with Crippen LogP contribution in [0.25, 0.3) is 5.82 Å². The first-order valence-corrected chi connectivity index (χ1v) is 6.74. The third-order valence-electron chi connectivity index (χ3n) is 3.06. The van der Waals surface area contributed by atoms with Gasteiger partial charge in [-0.05, 0) is 37.6 Å². The fraction of sp³-hybridized carbons (Fsp3) is 0.357. The summed E-state index contributed by atoms with van der Waals surface area (Å²) < 4.78 is 1.72. The number of halogens is 1. The molecule has 2 aromatic heterocycles. The van der Waals surface area contributed by atoms with Crippen LogP contribution in [-0.2, 0) is 6.54 Å². The first-order chi connectivity index (χ1) is 9.74. The molecule has 0 aliphatic rings. The van der Waals surface area contributed by atoms with Crippen LogP contribution in [-0.4, -0.2) is 38.7 Å². The van der Waals surface area contributed by atoms with Crippen molar-refractivity contribution in [2.24, 2.45) is 10.7 Å². The predicted molar refractivity (Wildman–Crippen MR) is 95.0 cm³/mol. The Labute approximate surface area is 142 Å². The van der Waals surface area contributed by atoms with Gasteiger partial charge in [-0.25, -0.2) is 14.7 Å². The summed E-state index contributed by atoms with van der Waals surface area (Å²) in [5, 5.41) is 4.16. The second-order valence-electron chi connectivity index (χ2n) is 4.32. The molecule has 2 N–H and O–H groups in total. The first-order valence-electron chi connectivity index (χ1n) is 6.74. The van der Waals surface area contributed by atoms with Crippen LogP contribution < -0.4 is 5.73 Å². The van der Waals surface area contributed by atoms with E-state index < -0.39 is 0 Å². The van der Waals surface area contributed by atoms with E-state index in [1.165, 1.54) is 0 Å². The summed E-state index contributed by atoms with van der Waals surface area (Å²) >= 11 is 0. The molecule has 0 radical (unpaired) electrons. The van der Waals surface area contributed by atoms with Gasteiger partial charge in [0, 0.05) is 31.7 Å². The smallest absolute Gasteiger partial charge is 0.191 e. The molecule has 2 rings (SSSR count). The summed E-state index contributed by atoms with van der Waals surface area (Å²) in [5.41, 5.74) is 7.02. The fourth-order valence-electron chi connectivity index (χ4n) is 1.91. The van der Waals surface area contributed by atoms with Gasteiger partial charge in [0.1, 0.15) is 0 Å². The topological polar surface area (TPSA) is 72.3 Å². The van der Waals surface area contributed by atoms with E-state index in [1.54, 1.807) is 17.1 Å². The SMILES string of the molecule is CCN(CC)C(N)=NCc1ccnc(-n2cccn2)c1.I. The van der Waals surface area contributed by atoms with Gasteiger partial charge >= 0.3 is 0 Å². The van der Waals surface area contributed by atoms with Crippen molar-refractivity contribution in [1.29, 1.82) is 0 Å². The first kappa shape index (κ1) is 17.4. The van der Waals surface area contributed by atoms with Crippen molar-refractivity contribution in [3.63, 3.8) is 0 Å². The Kier molecular flexibility index (Phi) is 7.13. The quantitative estimate of drug-likeness (QED) is 0.474. The third-order valence-corrected chi connectivity index (χ3v) is 3.06. The van der Waals surface area contributed by atoms with E-state index in [0.29, 0.717) is 12.5 Å². The van der Waals surface area contributed by atoms with E-state index in [9.17, 15) is 0 Å². The summed E-state index contributed by atoms with van der Waals surface area (Å²) in [4.78, 5) is 10.7. The standard InChI is InChI=1S/C14H20N6.HI/c1-3-19(4-2)14(15)17-11-12-6-8-16-13(10-12)20-9-5-7-18-20;/h5-10H,3-4,11H2,1-2H3,(H2,15,17);1H. The number of nitrogens with zero attached hydrogens (tertiary/aromatic N) is 5. The van der Waals surface area contributed by atoms with Crippen LogP contribution in [0.3, 0.4) is 0 Å². The van der Waals surface area contributed by atoms with E-state index in [-0.39, 0.29) is 24.0 Å². The highest BCUT2D eigenvalue weighted by Gasteiger charge is 2.03. The lowest BCUT2D eigenvalue weighted by atomic mass is 10.2. The van der Waals surface area contributed by atoms with E-state index in [2.05, 4.69) is 28.9 Å². The number of nitrogens with two attached hydrogens (primary N) is 1. The van der Waals surface area contributed by atoms with Crippen LogP contribution in [0.15, 0.2) is 41.8 Å². The van der Waals surface area contributed by atoms with Gasteiger partial charge in [0.25, 0.3) is 0 Å². The molecule has 7 heteroatoms. The van der Waals surface area contributed by atoms with E-state index in [0.717, 1.165) is 24.5 Å². The van der Waals surface area contributed by atoms with Crippen LogP contribution in [0, 0.1) is 0 Å². The molecule has 6 nitrogen and oxygen atoms in total. The number of rotatable bonds is 5. The largest absolute Gasteiger partial charge is 0.370 e. The summed E-state index contributed by atoms with van der Waals surface area (Å²) in [5.74, 6) is 1.36. The number of pyridine rings is 1. The molecule has 0 amide bonds. The number of aliphatic imine (C=N–C) groups is 1. The molecule has 0 bridgehead atoms. The zero-order valence-electron chi connectivity index (χ0n) is 12.3. The van der Waals surface area contributed by atoms with Crippen molar-refractivity contribution >= 4 is 29.9 Å². The average Bonchev–Trinajstić information content (AvgIpc) is 3.01. The Hall–Kier alpha value is -1.64. The lowest BCUT2D eigenvalue weighted by Crippen LogP contribution is -2.37. The van der Waals surface area contributed by atoms with Gasteiger partial charge in [-0.15, -0.1) is 24.0 Å². The lowest BCUT2D eigenvalue weighted by Gasteiger charge is -2.19. The second kappa shape index (κ2) is 8.60. The average molecular weight is 400 g/mol. The van der Waals surface area contributed by atoms with E-state index in [1.807, 2.05) is 29.3 Å². The Balaban J connectivity index is 0.00000220. The maximum Gasteiger partial charge on any atom is 0.191 e. The molecular weight excluding hydrogens is 379 g/mol. The van der Waals surface area contributed by atoms with Crippen LogP contribution in [0.4, 0.5) is 0 Å². The predicted octanol–water partition coefficient (Wildman–Crippen LogP) is 2.04. The minimum Gasteiger partial charge on any atom is -0.370 e. The highest BCUT2D eigenvalue weighted by molar-refractivity contribution is 14.0. The third kappa shape index (κ3) is 4.69. The molecule has 2 heterocycles. The minimum atomic E-state index is 0. The Morgan fingerprint density at radius 1 is 1.33 bits per heavy atom. The van der Waals surface area contributed by atoms with Gasteiger partial charge in [0.15, 0.2) is 11.8 Å². The molecule has 0 unspecified atom stereocenters. The molecule has 0 aliphatic carbocycles. The fourth-order valence-corrected chi connectivity index (χ4v) is 1.91. The zero-order chi connectivity index (χ0) is 14.4. The molecular formula is C14H21IN6. The van der Waals surface area contributed by atoms with Gasteiger partial charge < -0.3 is 10.6 Å². The molecule has 114 valence electrons. The van der Waals surface area contributed by atoms with E-state index >= 15 is 0 Å². The van der Waals surface area contributed by atoms with Crippen molar-refractivity contribution in [3.8, 4) is 5.82 Å². The molecule has 0 saturated heterocycles. The van der Waals surface area contributed by atoms with Crippen LogP contribution in [0.1, 0.15) is 19.4 Å². The Morgan fingerprint density at radius 2 is 2.10 bits per heavy atom. The second-order valence-corrected chi connectivity index (χ2v) is 4.32. The zero-order valence-corrected chi connectivity index (χ0v) is 14.6. The summed E-state index contributed by atoms with van der Waals surface area (Å²) in [7, 11) is 0. The number of aromatic nitrogens is 3. The molecule has 0 fully saturated rings. The van der Waals surface area contributed by atoms with Gasteiger partial charge in [-0.2, -0.15) is 5.10 Å². The van der Waals surface area contributed by atoms with Crippen molar-refractivity contribution in [2.45, 2.75) is 20.4 Å². The van der Waals surface area contributed by atoms with Crippen LogP contribution in [0.5, 0.6) is 0 Å². The molecule has 0 atom stereocenters. The maximum atomic E-state index is 5.96. The van der Waals surface area contributed by atoms with Crippen LogP contribution >= 0.6 is 24.0 Å². The molecule has 0 saturated carbocycles. The summed E-state index contributed by atoms with van der Waals surface area (Å²) in [6.45, 7) is 6.39. The normalized spacial score (nSPS) is 11.0. The lowest BCUT2D eigenvalue weighted by molar-refractivity contribution is 0.458. The van der Waals surface area contributed by atoms with Crippen molar-refractivity contribution in [2.75, 3.05) is 13.1 Å². The highest BCUT2D eigenvalue weighted by atomic mass is 127. The molecule has 0 spiro atoms. The van der Waals surface area contributed by atoms with Gasteiger partial charge in [-0.1, -0.05) is 0 Å². The van der Waals surface area contributed by atoms with Gasteiger partial charge in [0.2, 0.25) is 0 Å². The number of hydrogen-bond acceptors (Lipinski definition) is 3. The molecule has 0 aromatic carbocycles. The minimum absolute atomic E-state index is 0. The monoisotopic (exact) mass is 400 g/mol. The Bertz CT molecular complexity index is 563. The summed E-state index contributed by atoms with van der Waals surface area (Å²) in [6.07, 6.45) is 5.35. The van der Waals surface area contributed by atoms with E-state index in [4.69, 9.17) is 5.73 Å². The van der Waals surface area contributed by atoms with Gasteiger partial charge in [0.05, 0.1) is 6.54 Å². The molecule has 2 aromatic rings.